The number of rotatable bonds is 5. The number of hydrogen-bond donors (Lipinski definition) is 1. The Morgan fingerprint density at radius 3 is 2.80 bits per heavy atom. The highest BCUT2D eigenvalue weighted by Crippen LogP contribution is 2.22. The molecule has 0 unspecified atom stereocenters. The van der Waals surface area contributed by atoms with Gasteiger partial charge in [0.2, 0.25) is 0 Å². The van der Waals surface area contributed by atoms with Crippen molar-refractivity contribution in [3.63, 3.8) is 0 Å². The number of Topliss-reactive ketones (excluding diaryl/α,β-unsaturated/α-hetero) is 1. The van der Waals surface area contributed by atoms with Crippen molar-refractivity contribution in [1.29, 1.82) is 0 Å². The van der Waals surface area contributed by atoms with Crippen molar-refractivity contribution < 1.29 is 9.59 Å². The molecule has 1 aliphatic heterocycles. The molecule has 3 heterocycles. The van der Waals surface area contributed by atoms with Crippen LogP contribution in [0, 0.1) is 11.8 Å². The first-order valence-electron chi connectivity index (χ1n) is 8.82. The average Bonchev–Trinajstić information content (AvgIpc) is 3.15. The highest BCUT2D eigenvalue weighted by atomic mass is 16.2. The number of pyridine rings is 1. The molecule has 1 N–H and O–H groups in total. The van der Waals surface area contributed by atoms with Crippen LogP contribution < -0.4 is 0 Å². The minimum Gasteiger partial charge on any atom is -0.338 e. The summed E-state index contributed by atoms with van der Waals surface area (Å²) in [6, 6.07) is 5.43. The van der Waals surface area contributed by atoms with Crippen molar-refractivity contribution in [3.05, 3.63) is 36.2 Å². The molecule has 6 nitrogen and oxygen atoms in total. The van der Waals surface area contributed by atoms with Gasteiger partial charge in [-0.25, -0.2) is 0 Å². The molecule has 0 aliphatic carbocycles. The van der Waals surface area contributed by atoms with E-state index in [1.807, 2.05) is 12.1 Å². The maximum atomic E-state index is 12.7. The van der Waals surface area contributed by atoms with Gasteiger partial charge in [-0.2, -0.15) is 5.10 Å². The first-order chi connectivity index (χ1) is 12.0. The molecule has 1 atom stereocenters. The number of nitrogens with zero attached hydrogens (tertiary/aromatic N) is 3. The summed E-state index contributed by atoms with van der Waals surface area (Å²) < 4.78 is 0. The summed E-state index contributed by atoms with van der Waals surface area (Å²) >= 11 is 0. The molecule has 6 heteroatoms. The van der Waals surface area contributed by atoms with Gasteiger partial charge in [0, 0.05) is 37.8 Å². The number of carbonyl (C=O) groups is 2. The molecule has 3 rings (SSSR count). The summed E-state index contributed by atoms with van der Waals surface area (Å²) in [6.07, 6.45) is 5.61. The van der Waals surface area contributed by atoms with Gasteiger partial charge in [0.15, 0.2) is 0 Å². The quantitative estimate of drug-likeness (QED) is 0.907. The largest absolute Gasteiger partial charge is 0.338 e. The van der Waals surface area contributed by atoms with Crippen molar-refractivity contribution in [1.82, 2.24) is 20.1 Å². The summed E-state index contributed by atoms with van der Waals surface area (Å²) in [5.74, 6) is 0.557. The molecule has 0 saturated carbocycles. The van der Waals surface area contributed by atoms with Crippen LogP contribution in [-0.4, -0.2) is 44.9 Å². The van der Waals surface area contributed by atoms with Crippen LogP contribution in [0.5, 0.6) is 0 Å². The van der Waals surface area contributed by atoms with E-state index in [0.717, 1.165) is 24.2 Å². The Morgan fingerprint density at radius 2 is 2.16 bits per heavy atom. The SMILES string of the molecule is CC(C)CC(=O)[C@H]1CCCN(C(=O)c2ccc(-c3ccn[nH]3)nc2)C1. The Morgan fingerprint density at radius 1 is 1.32 bits per heavy atom. The number of piperidine rings is 1. The molecule has 2 aromatic heterocycles. The van der Waals surface area contributed by atoms with Crippen LogP contribution in [0.2, 0.25) is 0 Å². The van der Waals surface area contributed by atoms with E-state index in [9.17, 15) is 9.59 Å². The molecule has 25 heavy (non-hydrogen) atoms. The zero-order chi connectivity index (χ0) is 17.8. The van der Waals surface area contributed by atoms with Crippen molar-refractivity contribution >= 4 is 11.7 Å². The van der Waals surface area contributed by atoms with E-state index < -0.39 is 0 Å². The monoisotopic (exact) mass is 340 g/mol. The molecule has 0 bridgehead atoms. The smallest absolute Gasteiger partial charge is 0.255 e. The minimum atomic E-state index is -0.0503. The third-order valence-electron chi connectivity index (χ3n) is 4.56. The molecular weight excluding hydrogens is 316 g/mol. The summed E-state index contributed by atoms with van der Waals surface area (Å²) in [5.41, 5.74) is 2.12. The van der Waals surface area contributed by atoms with Gasteiger partial charge in [-0.1, -0.05) is 13.8 Å². The van der Waals surface area contributed by atoms with Crippen molar-refractivity contribution in [2.75, 3.05) is 13.1 Å². The van der Waals surface area contributed by atoms with Gasteiger partial charge >= 0.3 is 0 Å². The number of ketones is 1. The van der Waals surface area contributed by atoms with E-state index in [2.05, 4.69) is 29.0 Å². The zero-order valence-corrected chi connectivity index (χ0v) is 14.7. The highest BCUT2D eigenvalue weighted by molar-refractivity contribution is 5.94. The van der Waals surface area contributed by atoms with Crippen LogP contribution in [0.1, 0.15) is 43.5 Å². The Balaban J connectivity index is 1.67. The number of aromatic amines is 1. The van der Waals surface area contributed by atoms with Gasteiger partial charge in [0.05, 0.1) is 17.0 Å². The summed E-state index contributed by atoms with van der Waals surface area (Å²) in [6.45, 7) is 5.33. The fourth-order valence-electron chi connectivity index (χ4n) is 3.25. The highest BCUT2D eigenvalue weighted by Gasteiger charge is 2.29. The lowest BCUT2D eigenvalue weighted by Crippen LogP contribution is -2.42. The third kappa shape index (κ3) is 4.13. The number of hydrogen-bond acceptors (Lipinski definition) is 4. The molecule has 2 aromatic rings. The topological polar surface area (TPSA) is 79.0 Å². The predicted molar refractivity (Wildman–Crippen MR) is 94.9 cm³/mol. The molecule has 1 aliphatic rings. The molecule has 0 spiro atoms. The second-order valence-electron chi connectivity index (χ2n) is 7.06. The van der Waals surface area contributed by atoms with Crippen molar-refractivity contribution in [3.8, 4) is 11.4 Å². The van der Waals surface area contributed by atoms with Crippen molar-refractivity contribution in [2.24, 2.45) is 11.8 Å². The number of nitrogens with one attached hydrogen (secondary N) is 1. The van der Waals surface area contributed by atoms with Crippen LogP contribution in [0.3, 0.4) is 0 Å². The van der Waals surface area contributed by atoms with Gasteiger partial charge in [-0.15, -0.1) is 0 Å². The zero-order valence-electron chi connectivity index (χ0n) is 14.7. The fraction of sp³-hybridized carbons (Fsp3) is 0.474. The van der Waals surface area contributed by atoms with Gasteiger partial charge in [0.1, 0.15) is 5.78 Å². The molecule has 132 valence electrons. The lowest BCUT2D eigenvalue weighted by molar-refractivity contribution is -0.124. The first kappa shape index (κ1) is 17.3. The van der Waals surface area contributed by atoms with E-state index in [1.165, 1.54) is 0 Å². The Bertz CT molecular complexity index is 722. The van der Waals surface area contributed by atoms with Crippen molar-refractivity contribution in [2.45, 2.75) is 33.1 Å². The van der Waals surface area contributed by atoms with E-state index >= 15 is 0 Å². The second-order valence-corrected chi connectivity index (χ2v) is 7.06. The van der Waals surface area contributed by atoms with E-state index in [0.29, 0.717) is 31.0 Å². The van der Waals surface area contributed by atoms with E-state index in [-0.39, 0.29) is 17.6 Å². The van der Waals surface area contributed by atoms with Crippen LogP contribution in [0.4, 0.5) is 0 Å². The van der Waals surface area contributed by atoms with Crippen LogP contribution in [0.25, 0.3) is 11.4 Å². The van der Waals surface area contributed by atoms with E-state index in [1.54, 1.807) is 23.4 Å². The number of likely N-dealkylation sites (tertiary alicyclic amines) is 1. The predicted octanol–water partition coefficient (Wildman–Crippen LogP) is 2.94. The van der Waals surface area contributed by atoms with Crippen LogP contribution >= 0.6 is 0 Å². The minimum absolute atomic E-state index is 0.0303. The number of aromatic nitrogens is 3. The maximum absolute atomic E-state index is 12.7. The van der Waals surface area contributed by atoms with E-state index in [4.69, 9.17) is 0 Å². The molecule has 1 amide bonds. The van der Waals surface area contributed by atoms with Gasteiger partial charge in [-0.05, 0) is 37.0 Å². The van der Waals surface area contributed by atoms with Gasteiger partial charge in [0.25, 0.3) is 5.91 Å². The molecule has 1 saturated heterocycles. The number of H-pyrrole nitrogens is 1. The van der Waals surface area contributed by atoms with Gasteiger partial charge < -0.3 is 4.90 Å². The maximum Gasteiger partial charge on any atom is 0.255 e. The third-order valence-corrected chi connectivity index (χ3v) is 4.56. The summed E-state index contributed by atoms with van der Waals surface area (Å²) in [4.78, 5) is 31.2. The van der Waals surface area contributed by atoms with Crippen LogP contribution in [0.15, 0.2) is 30.6 Å². The first-order valence-corrected chi connectivity index (χ1v) is 8.82. The fourth-order valence-corrected chi connectivity index (χ4v) is 3.25. The lowest BCUT2D eigenvalue weighted by Gasteiger charge is -2.32. The number of amides is 1. The number of carbonyl (C=O) groups excluding carboxylic acids is 2. The Labute approximate surface area is 147 Å². The normalized spacial score (nSPS) is 17.7. The lowest BCUT2D eigenvalue weighted by atomic mass is 9.89. The summed E-state index contributed by atoms with van der Waals surface area (Å²) in [7, 11) is 0. The Kier molecular flexibility index (Phi) is 5.26. The second kappa shape index (κ2) is 7.59. The van der Waals surface area contributed by atoms with Crippen LogP contribution in [-0.2, 0) is 4.79 Å². The molecule has 0 radical (unpaired) electrons. The van der Waals surface area contributed by atoms with Gasteiger partial charge in [-0.3, -0.25) is 19.7 Å². The summed E-state index contributed by atoms with van der Waals surface area (Å²) in [5, 5.41) is 6.76. The molecular formula is C19H24N4O2. The molecule has 1 fully saturated rings. The standard InChI is InChI=1S/C19H24N4O2/c1-13(2)10-18(24)15-4-3-9-23(12-15)19(25)14-5-6-16(20-11-14)17-7-8-21-22-17/h5-8,11,13,15H,3-4,9-10,12H2,1-2H3,(H,21,22)/t15-/m0/s1. The Hall–Kier alpha value is -2.50. The molecule has 0 aromatic carbocycles. The average molecular weight is 340 g/mol.